The summed E-state index contributed by atoms with van der Waals surface area (Å²) in [6.45, 7) is 3.96. The van der Waals surface area contributed by atoms with Gasteiger partial charge in [-0.2, -0.15) is 5.26 Å². The molecule has 0 saturated carbocycles. The zero-order valence-electron chi connectivity index (χ0n) is 16.6. The molecule has 0 atom stereocenters. The molecular weight excluding hydrogens is 386 g/mol. The maximum atomic E-state index is 12.3. The zero-order valence-corrected chi connectivity index (χ0v) is 17.4. The van der Waals surface area contributed by atoms with Crippen LogP contribution in [-0.4, -0.2) is 24.6 Å². The second-order valence-electron chi connectivity index (χ2n) is 6.52. The molecule has 0 radical (unpaired) electrons. The number of amides is 1. The van der Waals surface area contributed by atoms with Crippen LogP contribution in [0.15, 0.2) is 48.0 Å². The molecule has 0 unspecified atom stereocenters. The third-order valence-corrected chi connectivity index (χ3v) is 4.32. The Hall–Kier alpha value is -3.37. The van der Waals surface area contributed by atoms with Crippen LogP contribution in [0, 0.1) is 11.3 Å². The SMILES string of the molecule is COc1cc(/C=C(/C#N)C(N)=S)ccc1OCC(=O)Nc1ccccc1C(C)C. The van der Waals surface area contributed by atoms with Crippen molar-refractivity contribution >= 4 is 34.9 Å². The Morgan fingerprint density at radius 3 is 2.62 bits per heavy atom. The maximum absolute atomic E-state index is 12.3. The molecule has 1 amide bonds. The molecule has 0 bridgehead atoms. The number of hydrogen-bond acceptors (Lipinski definition) is 5. The van der Waals surface area contributed by atoms with E-state index >= 15 is 0 Å². The first kappa shape index (κ1) is 21.9. The van der Waals surface area contributed by atoms with Gasteiger partial charge in [-0.05, 0) is 41.3 Å². The minimum atomic E-state index is -0.274. The fraction of sp³-hybridized carbons (Fsp3) is 0.227. The Bertz CT molecular complexity index is 978. The number of nitrogens with one attached hydrogen (secondary N) is 1. The topological polar surface area (TPSA) is 97.4 Å². The maximum Gasteiger partial charge on any atom is 0.262 e. The molecule has 2 aromatic carbocycles. The third-order valence-electron chi connectivity index (χ3n) is 4.10. The van der Waals surface area contributed by atoms with Crippen LogP contribution in [0.1, 0.15) is 30.9 Å². The number of hydrogen-bond donors (Lipinski definition) is 2. The van der Waals surface area contributed by atoms with Gasteiger partial charge in [-0.1, -0.05) is 50.3 Å². The Labute approximate surface area is 175 Å². The van der Waals surface area contributed by atoms with Crippen LogP contribution in [0.3, 0.4) is 0 Å². The number of ether oxygens (including phenoxy) is 2. The molecule has 3 N–H and O–H groups in total. The summed E-state index contributed by atoms with van der Waals surface area (Å²) in [6, 6.07) is 14.7. The number of thiocarbonyl (C=S) groups is 1. The first-order chi connectivity index (χ1) is 13.8. The molecule has 0 saturated heterocycles. The average molecular weight is 410 g/mol. The lowest BCUT2D eigenvalue weighted by Crippen LogP contribution is -2.21. The Morgan fingerprint density at radius 2 is 2.00 bits per heavy atom. The zero-order chi connectivity index (χ0) is 21.4. The average Bonchev–Trinajstić information content (AvgIpc) is 2.70. The fourth-order valence-corrected chi connectivity index (χ4v) is 2.77. The first-order valence-corrected chi connectivity index (χ1v) is 9.37. The van der Waals surface area contributed by atoms with Crippen LogP contribution in [0.5, 0.6) is 11.5 Å². The number of anilines is 1. The summed E-state index contributed by atoms with van der Waals surface area (Å²) in [4.78, 5) is 12.4. The van der Waals surface area contributed by atoms with Crippen molar-refractivity contribution in [3.63, 3.8) is 0 Å². The summed E-state index contributed by atoms with van der Waals surface area (Å²) in [5, 5.41) is 12.0. The van der Waals surface area contributed by atoms with Gasteiger partial charge >= 0.3 is 0 Å². The molecule has 0 aliphatic rings. The second kappa shape index (κ2) is 10.2. The van der Waals surface area contributed by atoms with Gasteiger partial charge < -0.3 is 20.5 Å². The lowest BCUT2D eigenvalue weighted by molar-refractivity contribution is -0.118. The summed E-state index contributed by atoms with van der Waals surface area (Å²) in [5.74, 6) is 0.845. The standard InChI is InChI=1S/C22H23N3O3S/c1-14(2)17-6-4-5-7-18(17)25-21(26)13-28-19-9-8-15(11-20(19)27-3)10-16(12-23)22(24)29/h4-11,14H,13H2,1-3H3,(H2,24,29)(H,25,26)/b16-10-. The van der Waals surface area contributed by atoms with E-state index in [0.717, 1.165) is 11.3 Å². The number of methoxy groups -OCH3 is 1. The van der Waals surface area contributed by atoms with Crippen molar-refractivity contribution < 1.29 is 14.3 Å². The molecule has 0 aromatic heterocycles. The van der Waals surface area contributed by atoms with Crippen LogP contribution in [-0.2, 0) is 4.79 Å². The number of nitrogens with two attached hydrogens (primary N) is 1. The highest BCUT2D eigenvalue weighted by Gasteiger charge is 2.12. The van der Waals surface area contributed by atoms with Gasteiger partial charge in [-0.25, -0.2) is 0 Å². The van der Waals surface area contributed by atoms with Crippen molar-refractivity contribution in [2.24, 2.45) is 5.73 Å². The molecule has 0 fully saturated rings. The largest absolute Gasteiger partial charge is 0.493 e. The molecule has 0 aliphatic heterocycles. The van der Waals surface area contributed by atoms with Gasteiger partial charge in [0.15, 0.2) is 18.1 Å². The highest BCUT2D eigenvalue weighted by Crippen LogP contribution is 2.29. The van der Waals surface area contributed by atoms with E-state index in [0.29, 0.717) is 17.1 Å². The fourth-order valence-electron chi connectivity index (χ4n) is 2.66. The van der Waals surface area contributed by atoms with Crippen LogP contribution < -0.4 is 20.5 Å². The van der Waals surface area contributed by atoms with E-state index < -0.39 is 0 Å². The third kappa shape index (κ3) is 6.06. The quantitative estimate of drug-likeness (QED) is 0.388. The summed E-state index contributed by atoms with van der Waals surface area (Å²) >= 11 is 4.84. The molecule has 0 aliphatic carbocycles. The second-order valence-corrected chi connectivity index (χ2v) is 6.96. The molecule has 29 heavy (non-hydrogen) atoms. The number of carbonyl (C=O) groups excluding carboxylic acids is 1. The van der Waals surface area contributed by atoms with Gasteiger partial charge in [-0.15, -0.1) is 0 Å². The first-order valence-electron chi connectivity index (χ1n) is 8.97. The van der Waals surface area contributed by atoms with Gasteiger partial charge in [0.2, 0.25) is 0 Å². The van der Waals surface area contributed by atoms with E-state index in [4.69, 9.17) is 32.7 Å². The van der Waals surface area contributed by atoms with Crippen molar-refractivity contribution in [2.75, 3.05) is 19.0 Å². The highest BCUT2D eigenvalue weighted by atomic mass is 32.1. The molecule has 7 heteroatoms. The summed E-state index contributed by atoms with van der Waals surface area (Å²) in [7, 11) is 1.49. The number of nitriles is 1. The molecular formula is C22H23N3O3S. The summed E-state index contributed by atoms with van der Waals surface area (Å²) < 4.78 is 11.0. The highest BCUT2D eigenvalue weighted by molar-refractivity contribution is 7.80. The molecule has 2 aromatic rings. The minimum absolute atomic E-state index is 0.0187. The van der Waals surface area contributed by atoms with Gasteiger partial charge in [0.25, 0.3) is 5.91 Å². The Kier molecular flexibility index (Phi) is 7.75. The van der Waals surface area contributed by atoms with Crippen LogP contribution >= 0.6 is 12.2 Å². The van der Waals surface area contributed by atoms with Gasteiger partial charge in [-0.3, -0.25) is 4.79 Å². The van der Waals surface area contributed by atoms with E-state index in [1.807, 2.05) is 30.3 Å². The predicted molar refractivity (Wildman–Crippen MR) is 118 cm³/mol. The van der Waals surface area contributed by atoms with Crippen molar-refractivity contribution in [1.29, 1.82) is 5.26 Å². The monoisotopic (exact) mass is 409 g/mol. The van der Waals surface area contributed by atoms with E-state index in [2.05, 4.69) is 19.2 Å². The van der Waals surface area contributed by atoms with Gasteiger partial charge in [0.05, 0.1) is 12.7 Å². The smallest absolute Gasteiger partial charge is 0.262 e. The molecule has 150 valence electrons. The minimum Gasteiger partial charge on any atom is -0.493 e. The van der Waals surface area contributed by atoms with Crippen LogP contribution in [0.4, 0.5) is 5.69 Å². The number of para-hydroxylation sites is 1. The van der Waals surface area contributed by atoms with Crippen molar-refractivity contribution in [3.05, 3.63) is 59.2 Å². The van der Waals surface area contributed by atoms with E-state index in [1.165, 1.54) is 7.11 Å². The normalized spacial score (nSPS) is 10.9. The number of carbonyl (C=O) groups is 1. The molecule has 0 heterocycles. The summed E-state index contributed by atoms with van der Waals surface area (Å²) in [5.41, 5.74) is 8.20. The van der Waals surface area contributed by atoms with Gasteiger partial charge in [0, 0.05) is 5.69 Å². The molecule has 2 rings (SSSR count). The van der Waals surface area contributed by atoms with E-state index in [1.54, 1.807) is 24.3 Å². The van der Waals surface area contributed by atoms with E-state index in [-0.39, 0.29) is 29.0 Å². The van der Waals surface area contributed by atoms with Gasteiger partial charge in [0.1, 0.15) is 11.1 Å². The lowest BCUT2D eigenvalue weighted by atomic mass is 10.0. The Morgan fingerprint density at radius 1 is 1.28 bits per heavy atom. The molecule has 6 nitrogen and oxygen atoms in total. The van der Waals surface area contributed by atoms with Crippen LogP contribution in [0.2, 0.25) is 0 Å². The number of nitrogens with zero attached hydrogens (tertiary/aromatic N) is 1. The predicted octanol–water partition coefficient (Wildman–Crippen LogP) is 4.03. The summed E-state index contributed by atoms with van der Waals surface area (Å²) in [6.07, 6.45) is 1.56. The van der Waals surface area contributed by atoms with Crippen LogP contribution in [0.25, 0.3) is 6.08 Å². The number of rotatable bonds is 8. The van der Waals surface area contributed by atoms with Crippen molar-refractivity contribution in [2.45, 2.75) is 19.8 Å². The number of benzene rings is 2. The van der Waals surface area contributed by atoms with E-state index in [9.17, 15) is 4.79 Å². The lowest BCUT2D eigenvalue weighted by Gasteiger charge is -2.15. The van der Waals surface area contributed by atoms with Crippen molar-refractivity contribution in [1.82, 2.24) is 0 Å². The molecule has 0 spiro atoms. The Balaban J connectivity index is 2.10. The van der Waals surface area contributed by atoms with Crippen molar-refractivity contribution in [3.8, 4) is 17.6 Å².